The van der Waals surface area contributed by atoms with Gasteiger partial charge in [-0.15, -0.1) is 0 Å². The van der Waals surface area contributed by atoms with E-state index >= 15 is 0 Å². The average Bonchev–Trinajstić information content (AvgIpc) is 3.66. The molecule has 50 heavy (non-hydrogen) atoms. The van der Waals surface area contributed by atoms with Gasteiger partial charge in [0.1, 0.15) is 11.4 Å². The van der Waals surface area contributed by atoms with E-state index in [1.807, 2.05) is 18.2 Å². The summed E-state index contributed by atoms with van der Waals surface area (Å²) in [5.41, 5.74) is -4.81. The molecule has 2 amide bonds. The molecule has 278 valence electrons. The highest BCUT2D eigenvalue weighted by molar-refractivity contribution is 5.96. The van der Waals surface area contributed by atoms with Crippen molar-refractivity contribution in [2.75, 3.05) is 27.8 Å². The molecule has 1 saturated heterocycles. The minimum Gasteiger partial charge on any atom is -0.467 e. The fourth-order valence-electron chi connectivity index (χ4n) is 6.51. The smallest absolute Gasteiger partial charge is 0.337 e. The third-order valence-corrected chi connectivity index (χ3v) is 9.70. The number of nitrogens with zero attached hydrogens (tertiary/aromatic N) is 2. The average molecular weight is 702 g/mol. The number of aliphatic hydroxyl groups excluding tert-OH is 3. The number of carbonyl (C=O) groups is 3. The summed E-state index contributed by atoms with van der Waals surface area (Å²) in [6, 6.07) is 0. The molecule has 1 fully saturated rings. The number of hydrogen-bond donors (Lipinski definition) is 5. The molecule has 1 unspecified atom stereocenters. The second-order valence-electron chi connectivity index (χ2n) is 13.3. The zero-order chi connectivity index (χ0) is 37.9. The molecule has 1 aliphatic rings. The number of aromatic nitrogens is 1. The van der Waals surface area contributed by atoms with Crippen molar-refractivity contribution in [2.45, 2.75) is 89.9 Å². The van der Waals surface area contributed by atoms with E-state index in [0.29, 0.717) is 12.0 Å². The highest BCUT2D eigenvalue weighted by Gasteiger charge is 2.75. The first-order valence-electron chi connectivity index (χ1n) is 16.6. The van der Waals surface area contributed by atoms with E-state index in [-0.39, 0.29) is 18.9 Å². The molecular formula is C37H55N3O10. The maximum absolute atomic E-state index is 13.1. The fourth-order valence-corrected chi connectivity index (χ4v) is 6.51. The van der Waals surface area contributed by atoms with Gasteiger partial charge in [-0.2, -0.15) is 0 Å². The number of hydrogen-bond acceptors (Lipinski definition) is 11. The first-order valence-corrected chi connectivity index (χ1v) is 16.6. The Morgan fingerprint density at radius 2 is 1.78 bits per heavy atom. The number of aliphatic hydroxyl groups is 4. The number of ether oxygens (including phenoxy) is 2. The van der Waals surface area contributed by atoms with Gasteiger partial charge in [0.2, 0.25) is 11.8 Å². The Morgan fingerprint density at radius 3 is 2.36 bits per heavy atom. The van der Waals surface area contributed by atoms with Crippen molar-refractivity contribution < 1.29 is 48.7 Å². The van der Waals surface area contributed by atoms with E-state index in [1.54, 1.807) is 64.3 Å². The van der Waals surface area contributed by atoms with Gasteiger partial charge >= 0.3 is 5.97 Å². The number of carbonyl (C=O) groups excluding carboxylic acids is 3. The van der Waals surface area contributed by atoms with Gasteiger partial charge in [-0.05, 0) is 45.6 Å². The highest BCUT2D eigenvalue weighted by atomic mass is 16.5. The molecule has 5 N–H and O–H groups in total. The monoisotopic (exact) mass is 701 g/mol. The van der Waals surface area contributed by atoms with Gasteiger partial charge in [0.15, 0.2) is 11.9 Å². The van der Waals surface area contributed by atoms with Gasteiger partial charge in [-0.25, -0.2) is 9.78 Å². The number of rotatable bonds is 18. The number of likely N-dealkylation sites (N-methyl/N-ethyl adjacent to an activating group) is 1. The molecule has 0 aliphatic carbocycles. The molecular weight excluding hydrogens is 646 g/mol. The van der Waals surface area contributed by atoms with Crippen LogP contribution >= 0.6 is 0 Å². The van der Waals surface area contributed by atoms with Crippen molar-refractivity contribution in [3.05, 3.63) is 78.6 Å². The van der Waals surface area contributed by atoms with Crippen LogP contribution in [0.1, 0.15) is 53.7 Å². The molecule has 1 aromatic heterocycles. The lowest BCUT2D eigenvalue weighted by Gasteiger charge is -2.49. The molecule has 0 bridgehead atoms. The predicted octanol–water partition coefficient (Wildman–Crippen LogP) is 2.43. The van der Waals surface area contributed by atoms with Crippen LogP contribution in [-0.4, -0.2) is 111 Å². The van der Waals surface area contributed by atoms with Gasteiger partial charge in [-0.3, -0.25) is 9.59 Å². The third-order valence-electron chi connectivity index (χ3n) is 9.70. The first kappa shape index (κ1) is 42.3. The van der Waals surface area contributed by atoms with E-state index in [9.17, 15) is 34.8 Å². The van der Waals surface area contributed by atoms with Crippen LogP contribution in [0.15, 0.2) is 77.3 Å². The second-order valence-corrected chi connectivity index (χ2v) is 13.3. The van der Waals surface area contributed by atoms with Crippen molar-refractivity contribution in [1.29, 1.82) is 0 Å². The SMILES string of the molecule is COC(=O)[C@@]1(C(C)O)N(C)C(=O)[C@H](C)[C@@]1(O)[C@H](C[C@@H](C)[C@@H](O)/C=C/C=C/CNC(=O)C(C)(C)[C@H](O)\C(C)=C/C=C\C=C\Cc1cnco1)OC. The summed E-state index contributed by atoms with van der Waals surface area (Å²) in [5.74, 6) is -2.78. The van der Waals surface area contributed by atoms with Crippen LogP contribution in [0.3, 0.4) is 0 Å². The van der Waals surface area contributed by atoms with Crippen LogP contribution in [0.25, 0.3) is 0 Å². The number of likely N-dealkylation sites (tertiary alicyclic amines) is 1. The van der Waals surface area contributed by atoms with Crippen LogP contribution < -0.4 is 5.32 Å². The third kappa shape index (κ3) is 8.88. The maximum atomic E-state index is 13.1. The predicted molar refractivity (Wildman–Crippen MR) is 187 cm³/mol. The van der Waals surface area contributed by atoms with Gasteiger partial charge in [0.25, 0.3) is 0 Å². The highest BCUT2D eigenvalue weighted by Crippen LogP contribution is 2.49. The summed E-state index contributed by atoms with van der Waals surface area (Å²) in [4.78, 5) is 44.0. The lowest BCUT2D eigenvalue weighted by molar-refractivity contribution is -0.211. The van der Waals surface area contributed by atoms with Gasteiger partial charge in [-0.1, -0.05) is 68.5 Å². The number of oxazole rings is 1. The number of amides is 2. The molecule has 8 atom stereocenters. The van der Waals surface area contributed by atoms with Gasteiger partial charge in [0, 0.05) is 27.1 Å². The Kier molecular flexibility index (Phi) is 15.5. The Morgan fingerprint density at radius 1 is 1.12 bits per heavy atom. The minimum absolute atomic E-state index is 0.0245. The topological polar surface area (TPSA) is 192 Å². The number of nitrogens with one attached hydrogen (secondary N) is 1. The quantitative estimate of drug-likeness (QED) is 0.112. The van der Waals surface area contributed by atoms with Gasteiger partial charge < -0.3 is 44.5 Å². The normalized spacial score (nSPS) is 25.1. The Labute approximate surface area is 295 Å². The summed E-state index contributed by atoms with van der Waals surface area (Å²) in [5, 5.41) is 47.4. The van der Waals surface area contributed by atoms with Crippen LogP contribution in [-0.2, 0) is 30.3 Å². The van der Waals surface area contributed by atoms with Crippen LogP contribution in [0.5, 0.6) is 0 Å². The van der Waals surface area contributed by atoms with Crippen molar-refractivity contribution in [1.82, 2.24) is 15.2 Å². The summed E-state index contributed by atoms with van der Waals surface area (Å²) in [6.07, 6.45) is 14.5. The van der Waals surface area contributed by atoms with E-state index in [0.717, 1.165) is 17.8 Å². The molecule has 2 rings (SSSR count). The summed E-state index contributed by atoms with van der Waals surface area (Å²) in [7, 11) is 3.76. The standard InChI is InChI=1S/C37H55N3O10/c1-24(17-13-10-11-14-18-28-22-38-23-50-28)31(43)35(5,6)33(45)39-20-16-12-15-19-29(42)25(2)21-30(48-8)37(47)26(3)32(44)40(7)36(37,27(4)41)34(46)49-9/h10-17,19,22-23,25-27,29-31,41-43,47H,18,20-21H2,1-9H3,(H,39,45)/b13-10-,14-11+,16-12+,19-15+,24-17-/t25-,26+,27?,29+,30+,31-,36-,37-/m1/s1. The second kappa shape index (κ2) is 18.4. The Hall–Kier alpha value is -3.88. The molecule has 1 aromatic rings. The van der Waals surface area contributed by atoms with Crippen molar-refractivity contribution in [2.24, 2.45) is 17.3 Å². The Balaban J connectivity index is 1.97. The van der Waals surface area contributed by atoms with Crippen molar-refractivity contribution in [3.63, 3.8) is 0 Å². The van der Waals surface area contributed by atoms with Crippen LogP contribution in [0, 0.1) is 17.3 Å². The first-order chi connectivity index (χ1) is 23.5. The molecule has 2 heterocycles. The number of methoxy groups -OCH3 is 2. The van der Waals surface area contributed by atoms with E-state index in [4.69, 9.17) is 13.9 Å². The molecule has 0 radical (unpaired) electrons. The lowest BCUT2D eigenvalue weighted by atomic mass is 9.67. The zero-order valence-electron chi connectivity index (χ0n) is 30.6. The lowest BCUT2D eigenvalue weighted by Crippen LogP contribution is -2.73. The Bertz CT molecular complexity index is 1430. The molecule has 0 spiro atoms. The van der Waals surface area contributed by atoms with E-state index < -0.39 is 64.7 Å². The summed E-state index contributed by atoms with van der Waals surface area (Å²) < 4.78 is 15.8. The summed E-state index contributed by atoms with van der Waals surface area (Å²) >= 11 is 0. The molecule has 1 aliphatic heterocycles. The van der Waals surface area contributed by atoms with E-state index in [1.165, 1.54) is 40.5 Å². The van der Waals surface area contributed by atoms with E-state index in [2.05, 4.69) is 10.3 Å². The van der Waals surface area contributed by atoms with Gasteiger partial charge in [0.05, 0.1) is 49.1 Å². The molecule has 13 nitrogen and oxygen atoms in total. The summed E-state index contributed by atoms with van der Waals surface area (Å²) in [6.45, 7) is 9.74. The largest absolute Gasteiger partial charge is 0.467 e. The number of esters is 1. The van der Waals surface area contributed by atoms with Crippen LogP contribution in [0.2, 0.25) is 0 Å². The molecule has 0 aromatic carbocycles. The minimum atomic E-state index is -2.19. The maximum Gasteiger partial charge on any atom is 0.337 e. The zero-order valence-corrected chi connectivity index (χ0v) is 30.6. The van der Waals surface area contributed by atoms with Crippen molar-refractivity contribution >= 4 is 17.8 Å². The molecule has 13 heteroatoms. The molecule has 0 saturated carbocycles. The van der Waals surface area contributed by atoms with Crippen LogP contribution in [0.4, 0.5) is 0 Å². The van der Waals surface area contributed by atoms with Crippen molar-refractivity contribution in [3.8, 4) is 0 Å². The fraction of sp³-hybridized carbons (Fsp3) is 0.568. The number of allylic oxidation sites excluding steroid dienone is 7.